The third-order valence-electron chi connectivity index (χ3n) is 4.76. The van der Waals surface area contributed by atoms with Gasteiger partial charge in [-0.15, -0.1) is 11.3 Å². The smallest absolute Gasteiger partial charge is 0.112 e. The summed E-state index contributed by atoms with van der Waals surface area (Å²) in [7, 11) is 0. The van der Waals surface area contributed by atoms with Crippen LogP contribution in [0.4, 0.5) is 0 Å². The van der Waals surface area contributed by atoms with E-state index in [0.717, 1.165) is 34.8 Å². The van der Waals surface area contributed by atoms with E-state index in [1.807, 2.05) is 6.07 Å². The predicted molar refractivity (Wildman–Crippen MR) is 114 cm³/mol. The summed E-state index contributed by atoms with van der Waals surface area (Å²) in [6, 6.07) is 29.7. The Kier molecular flexibility index (Phi) is 4.07. The molecule has 0 bridgehead atoms. The molecule has 0 radical (unpaired) electrons. The van der Waals surface area contributed by atoms with Crippen molar-refractivity contribution in [1.82, 2.24) is 9.97 Å². The van der Waals surface area contributed by atoms with Crippen LogP contribution in [0.2, 0.25) is 0 Å². The van der Waals surface area contributed by atoms with E-state index in [0.29, 0.717) is 0 Å². The molecule has 0 saturated heterocycles. The third-order valence-corrected chi connectivity index (χ3v) is 5.64. The monoisotopic (exact) mass is 366 g/mol. The van der Waals surface area contributed by atoms with Crippen LogP contribution in [0.3, 0.4) is 0 Å². The summed E-state index contributed by atoms with van der Waals surface area (Å²) in [6.07, 6.45) is 0.824. The van der Waals surface area contributed by atoms with Crippen LogP contribution in [0, 0.1) is 0 Å². The van der Waals surface area contributed by atoms with Crippen LogP contribution >= 0.6 is 11.3 Å². The van der Waals surface area contributed by atoms with E-state index in [1.165, 1.54) is 15.6 Å². The lowest BCUT2D eigenvalue weighted by atomic mass is 10.0. The molecule has 1 N–H and O–H groups in total. The van der Waals surface area contributed by atoms with Gasteiger partial charge in [0.15, 0.2) is 0 Å². The van der Waals surface area contributed by atoms with Crippen LogP contribution in [-0.4, -0.2) is 9.97 Å². The first-order valence-corrected chi connectivity index (χ1v) is 9.91. The lowest BCUT2D eigenvalue weighted by Gasteiger charge is -2.05. The standard InChI is InChI=1S/C24H18N2S/c1-2-8-18(9-3-1)23-24(26-22(25-23)16-21-11-6-14-27-21)20-13-12-17-7-4-5-10-19(17)15-20/h1-15H,16H2,(H,25,26). The molecular weight excluding hydrogens is 348 g/mol. The van der Waals surface area contributed by atoms with Gasteiger partial charge < -0.3 is 4.98 Å². The average molecular weight is 366 g/mol. The second-order valence-electron chi connectivity index (χ2n) is 6.59. The van der Waals surface area contributed by atoms with Gasteiger partial charge in [-0.05, 0) is 28.3 Å². The minimum absolute atomic E-state index is 0.824. The number of rotatable bonds is 4. The maximum absolute atomic E-state index is 4.99. The lowest BCUT2D eigenvalue weighted by Crippen LogP contribution is -1.87. The number of hydrogen-bond donors (Lipinski definition) is 1. The maximum atomic E-state index is 4.99. The normalized spacial score (nSPS) is 11.1. The molecule has 3 heteroatoms. The van der Waals surface area contributed by atoms with Crippen molar-refractivity contribution >= 4 is 22.1 Å². The molecule has 2 aromatic heterocycles. The second kappa shape index (κ2) is 6.86. The van der Waals surface area contributed by atoms with E-state index >= 15 is 0 Å². The highest BCUT2D eigenvalue weighted by molar-refractivity contribution is 7.09. The number of imidazole rings is 1. The first-order valence-electron chi connectivity index (χ1n) is 9.03. The molecule has 5 rings (SSSR count). The zero-order valence-electron chi connectivity index (χ0n) is 14.7. The van der Waals surface area contributed by atoms with Crippen molar-refractivity contribution in [3.8, 4) is 22.5 Å². The molecule has 2 nitrogen and oxygen atoms in total. The number of H-pyrrole nitrogens is 1. The number of hydrogen-bond acceptors (Lipinski definition) is 2. The molecule has 2 heterocycles. The van der Waals surface area contributed by atoms with Crippen molar-refractivity contribution in [2.45, 2.75) is 6.42 Å². The Morgan fingerprint density at radius 3 is 2.37 bits per heavy atom. The highest BCUT2D eigenvalue weighted by Gasteiger charge is 2.15. The number of fused-ring (bicyclic) bond motifs is 1. The molecule has 0 aliphatic rings. The van der Waals surface area contributed by atoms with E-state index < -0.39 is 0 Å². The number of nitrogens with zero attached hydrogens (tertiary/aromatic N) is 1. The van der Waals surface area contributed by atoms with E-state index in [2.05, 4.69) is 89.2 Å². The first-order chi connectivity index (χ1) is 13.4. The lowest BCUT2D eigenvalue weighted by molar-refractivity contribution is 1.05. The largest absolute Gasteiger partial charge is 0.341 e. The van der Waals surface area contributed by atoms with Crippen LogP contribution in [0.1, 0.15) is 10.7 Å². The Labute approximate surface area is 162 Å². The van der Waals surface area contributed by atoms with Gasteiger partial charge in [0.1, 0.15) is 5.82 Å². The van der Waals surface area contributed by atoms with Crippen molar-refractivity contribution in [2.24, 2.45) is 0 Å². The van der Waals surface area contributed by atoms with Crippen LogP contribution in [0.15, 0.2) is 90.3 Å². The van der Waals surface area contributed by atoms with Crippen molar-refractivity contribution in [1.29, 1.82) is 0 Å². The summed E-state index contributed by atoms with van der Waals surface area (Å²) in [4.78, 5) is 9.88. The molecule has 0 saturated carbocycles. The zero-order chi connectivity index (χ0) is 18.1. The van der Waals surface area contributed by atoms with Gasteiger partial charge in [0.25, 0.3) is 0 Å². The van der Waals surface area contributed by atoms with Crippen LogP contribution < -0.4 is 0 Å². The fraction of sp³-hybridized carbons (Fsp3) is 0.0417. The molecule has 130 valence electrons. The summed E-state index contributed by atoms with van der Waals surface area (Å²) < 4.78 is 0. The molecule has 0 aliphatic heterocycles. The van der Waals surface area contributed by atoms with Crippen molar-refractivity contribution in [3.63, 3.8) is 0 Å². The fourth-order valence-corrected chi connectivity index (χ4v) is 4.15. The molecule has 27 heavy (non-hydrogen) atoms. The molecule has 0 fully saturated rings. The topological polar surface area (TPSA) is 28.7 Å². The Bertz CT molecular complexity index is 1190. The van der Waals surface area contributed by atoms with Gasteiger partial charge in [0.2, 0.25) is 0 Å². The molecule has 3 aromatic carbocycles. The van der Waals surface area contributed by atoms with Crippen LogP contribution in [-0.2, 0) is 6.42 Å². The van der Waals surface area contributed by atoms with Gasteiger partial charge in [-0.3, -0.25) is 0 Å². The molecular formula is C24H18N2S. The number of benzene rings is 3. The summed E-state index contributed by atoms with van der Waals surface area (Å²) in [5.41, 5.74) is 4.39. The quantitative estimate of drug-likeness (QED) is 0.384. The minimum Gasteiger partial charge on any atom is -0.341 e. The van der Waals surface area contributed by atoms with E-state index in [1.54, 1.807) is 11.3 Å². The van der Waals surface area contributed by atoms with Crippen molar-refractivity contribution in [2.75, 3.05) is 0 Å². The van der Waals surface area contributed by atoms with Crippen molar-refractivity contribution < 1.29 is 0 Å². The molecule has 0 atom stereocenters. The summed E-state index contributed by atoms with van der Waals surface area (Å²) in [5, 5.41) is 4.59. The minimum atomic E-state index is 0.824. The molecule has 0 amide bonds. The number of thiophene rings is 1. The Morgan fingerprint density at radius 2 is 1.56 bits per heavy atom. The first kappa shape index (κ1) is 16.0. The Morgan fingerprint density at radius 1 is 0.741 bits per heavy atom. The number of aromatic amines is 1. The average Bonchev–Trinajstić information content (AvgIpc) is 3.39. The summed E-state index contributed by atoms with van der Waals surface area (Å²) >= 11 is 1.77. The van der Waals surface area contributed by atoms with Gasteiger partial charge in [-0.1, -0.05) is 72.8 Å². The Hall–Kier alpha value is -3.17. The summed E-state index contributed by atoms with van der Waals surface area (Å²) in [6.45, 7) is 0. The van der Waals surface area contributed by atoms with Crippen LogP contribution in [0.5, 0.6) is 0 Å². The summed E-state index contributed by atoms with van der Waals surface area (Å²) in [5.74, 6) is 1.000. The molecule has 5 aromatic rings. The third kappa shape index (κ3) is 3.18. The van der Waals surface area contributed by atoms with Crippen LogP contribution in [0.25, 0.3) is 33.3 Å². The number of aromatic nitrogens is 2. The second-order valence-corrected chi connectivity index (χ2v) is 7.62. The van der Waals surface area contributed by atoms with E-state index in [4.69, 9.17) is 4.98 Å². The van der Waals surface area contributed by atoms with Gasteiger partial charge >= 0.3 is 0 Å². The van der Waals surface area contributed by atoms with E-state index in [9.17, 15) is 0 Å². The SMILES string of the molecule is c1ccc(-c2[nH]c(Cc3cccs3)nc2-c2ccc3ccccc3c2)cc1. The van der Waals surface area contributed by atoms with Gasteiger partial charge in [0, 0.05) is 22.4 Å². The molecule has 0 unspecified atom stereocenters. The van der Waals surface area contributed by atoms with E-state index in [-0.39, 0.29) is 0 Å². The molecule has 0 aliphatic carbocycles. The van der Waals surface area contributed by atoms with Gasteiger partial charge in [0.05, 0.1) is 11.4 Å². The maximum Gasteiger partial charge on any atom is 0.112 e. The van der Waals surface area contributed by atoms with Gasteiger partial charge in [-0.2, -0.15) is 0 Å². The highest BCUT2D eigenvalue weighted by atomic mass is 32.1. The molecule has 0 spiro atoms. The zero-order valence-corrected chi connectivity index (χ0v) is 15.5. The number of nitrogens with one attached hydrogen (secondary N) is 1. The highest BCUT2D eigenvalue weighted by Crippen LogP contribution is 2.32. The predicted octanol–water partition coefficient (Wildman–Crippen LogP) is 6.55. The Balaban J connectivity index is 1.65. The van der Waals surface area contributed by atoms with Crippen molar-refractivity contribution in [3.05, 3.63) is 101 Å². The van der Waals surface area contributed by atoms with Gasteiger partial charge in [-0.25, -0.2) is 4.98 Å². The fourth-order valence-electron chi connectivity index (χ4n) is 3.44.